The molecule has 1 heterocycles. The minimum atomic E-state index is -3.70. The van der Waals surface area contributed by atoms with Gasteiger partial charge in [-0.25, -0.2) is 4.98 Å². The highest BCUT2D eigenvalue weighted by Crippen LogP contribution is 2.15. The summed E-state index contributed by atoms with van der Waals surface area (Å²) in [4.78, 5) is 6.52. The van der Waals surface area contributed by atoms with Crippen molar-refractivity contribution in [2.24, 2.45) is 0 Å². The standard InChI is InChI=1S/C13H13N3O3S/c1-10-14-9-13(15-10)20(18,19)16-12-6-2-4-11(8-12)5-3-7-17/h2,4,6,8-9,16-17H,7H2,1H3,(H,14,15). The highest BCUT2D eigenvalue weighted by molar-refractivity contribution is 7.92. The number of nitrogens with one attached hydrogen (secondary N) is 2. The second-order valence-corrected chi connectivity index (χ2v) is 5.63. The minimum absolute atomic E-state index is 0.00171. The second kappa shape index (κ2) is 5.77. The van der Waals surface area contributed by atoms with Gasteiger partial charge in [-0.2, -0.15) is 8.42 Å². The second-order valence-electron chi connectivity index (χ2n) is 3.98. The third-order valence-corrected chi connectivity index (χ3v) is 3.69. The number of hydrogen-bond donors (Lipinski definition) is 3. The molecule has 7 heteroatoms. The Hall–Kier alpha value is -2.30. The number of aromatic amines is 1. The molecule has 1 aromatic carbocycles. The SMILES string of the molecule is Cc1ncc(S(=O)(=O)Nc2cccc(C#CCO)c2)[nH]1. The molecular weight excluding hydrogens is 278 g/mol. The number of imidazole rings is 1. The molecule has 0 unspecified atom stereocenters. The maximum Gasteiger partial charge on any atom is 0.278 e. The maximum atomic E-state index is 12.1. The predicted octanol–water partition coefficient (Wildman–Crippen LogP) is 0.863. The van der Waals surface area contributed by atoms with Crippen LogP contribution in [0.2, 0.25) is 0 Å². The van der Waals surface area contributed by atoms with Crippen LogP contribution >= 0.6 is 0 Å². The zero-order valence-electron chi connectivity index (χ0n) is 10.7. The summed E-state index contributed by atoms with van der Waals surface area (Å²) in [5, 5.41) is 8.64. The van der Waals surface area contributed by atoms with Gasteiger partial charge in [0.1, 0.15) is 12.4 Å². The molecular formula is C13H13N3O3S. The van der Waals surface area contributed by atoms with Crippen molar-refractivity contribution in [2.45, 2.75) is 11.9 Å². The molecule has 0 aliphatic carbocycles. The van der Waals surface area contributed by atoms with Crippen molar-refractivity contribution in [3.05, 3.63) is 41.9 Å². The number of aryl methyl sites for hydroxylation is 1. The van der Waals surface area contributed by atoms with Gasteiger partial charge in [0, 0.05) is 5.56 Å². The molecule has 0 saturated carbocycles. The molecule has 2 aromatic rings. The lowest BCUT2D eigenvalue weighted by Gasteiger charge is -2.06. The molecule has 104 valence electrons. The summed E-state index contributed by atoms with van der Waals surface area (Å²) < 4.78 is 26.6. The molecule has 0 spiro atoms. The molecule has 0 fully saturated rings. The lowest BCUT2D eigenvalue weighted by Crippen LogP contribution is -2.13. The van der Waals surface area contributed by atoms with Crippen molar-refractivity contribution >= 4 is 15.7 Å². The zero-order chi connectivity index (χ0) is 14.6. The van der Waals surface area contributed by atoms with E-state index in [1.54, 1.807) is 31.2 Å². The number of H-pyrrole nitrogens is 1. The van der Waals surface area contributed by atoms with E-state index >= 15 is 0 Å². The monoisotopic (exact) mass is 291 g/mol. The number of sulfonamides is 1. The van der Waals surface area contributed by atoms with E-state index < -0.39 is 10.0 Å². The molecule has 0 aliphatic heterocycles. The van der Waals surface area contributed by atoms with Crippen molar-refractivity contribution in [1.82, 2.24) is 9.97 Å². The summed E-state index contributed by atoms with van der Waals surface area (Å²) in [5.41, 5.74) is 1.00. The molecule has 0 amide bonds. The first-order valence-electron chi connectivity index (χ1n) is 5.75. The topological polar surface area (TPSA) is 95.1 Å². The molecule has 0 radical (unpaired) electrons. The molecule has 3 N–H and O–H groups in total. The first kappa shape index (κ1) is 14.1. The number of aliphatic hydroxyl groups excluding tert-OH is 1. The van der Waals surface area contributed by atoms with Gasteiger partial charge in [0.15, 0.2) is 5.03 Å². The van der Waals surface area contributed by atoms with Gasteiger partial charge in [0.25, 0.3) is 10.0 Å². The lowest BCUT2D eigenvalue weighted by molar-refractivity contribution is 0.350. The number of aromatic nitrogens is 2. The van der Waals surface area contributed by atoms with Crippen molar-refractivity contribution < 1.29 is 13.5 Å². The summed E-state index contributed by atoms with van der Waals surface area (Å²) in [6.45, 7) is 1.42. The lowest BCUT2D eigenvalue weighted by atomic mass is 10.2. The van der Waals surface area contributed by atoms with Crippen molar-refractivity contribution in [1.29, 1.82) is 0 Å². The Morgan fingerprint density at radius 1 is 1.45 bits per heavy atom. The Balaban J connectivity index is 2.25. The van der Waals surface area contributed by atoms with Crippen LogP contribution in [0.3, 0.4) is 0 Å². The number of aliphatic hydroxyl groups is 1. The Morgan fingerprint density at radius 2 is 2.25 bits per heavy atom. The quantitative estimate of drug-likeness (QED) is 0.731. The minimum Gasteiger partial charge on any atom is -0.384 e. The van der Waals surface area contributed by atoms with Crippen LogP contribution in [0.25, 0.3) is 0 Å². The van der Waals surface area contributed by atoms with E-state index in [2.05, 4.69) is 26.5 Å². The molecule has 0 atom stereocenters. The van der Waals surface area contributed by atoms with Gasteiger partial charge in [0.2, 0.25) is 0 Å². The highest BCUT2D eigenvalue weighted by atomic mass is 32.2. The van der Waals surface area contributed by atoms with Crippen LogP contribution in [0.15, 0.2) is 35.5 Å². The molecule has 0 saturated heterocycles. The number of anilines is 1. The van der Waals surface area contributed by atoms with Gasteiger partial charge >= 0.3 is 0 Å². The molecule has 1 aromatic heterocycles. The fraction of sp³-hybridized carbons (Fsp3) is 0.154. The van der Waals surface area contributed by atoms with E-state index in [-0.39, 0.29) is 11.6 Å². The van der Waals surface area contributed by atoms with Crippen LogP contribution in [-0.4, -0.2) is 30.1 Å². The first-order valence-corrected chi connectivity index (χ1v) is 7.24. The number of nitrogens with zero attached hydrogens (tertiary/aromatic N) is 1. The fourth-order valence-corrected chi connectivity index (χ4v) is 2.57. The van der Waals surface area contributed by atoms with Crippen molar-refractivity contribution in [3.8, 4) is 11.8 Å². The van der Waals surface area contributed by atoms with Crippen LogP contribution in [0, 0.1) is 18.8 Å². The first-order chi connectivity index (χ1) is 9.51. The third kappa shape index (κ3) is 3.38. The van der Waals surface area contributed by atoms with Gasteiger partial charge in [-0.1, -0.05) is 17.9 Å². The summed E-state index contributed by atoms with van der Waals surface area (Å²) in [6, 6.07) is 6.60. The zero-order valence-corrected chi connectivity index (χ0v) is 11.5. The third-order valence-electron chi connectivity index (χ3n) is 2.40. The molecule has 0 aliphatic rings. The van der Waals surface area contributed by atoms with Gasteiger partial charge < -0.3 is 10.1 Å². The van der Waals surface area contributed by atoms with Crippen LogP contribution in [0.1, 0.15) is 11.4 Å². The molecule has 2 rings (SSSR count). The summed E-state index contributed by atoms with van der Waals surface area (Å²) in [5.74, 6) is 5.73. The molecule has 6 nitrogen and oxygen atoms in total. The van der Waals surface area contributed by atoms with Crippen LogP contribution in [-0.2, 0) is 10.0 Å². The van der Waals surface area contributed by atoms with Crippen LogP contribution in [0.4, 0.5) is 5.69 Å². The van der Waals surface area contributed by atoms with Gasteiger partial charge in [-0.3, -0.25) is 4.72 Å². The van der Waals surface area contributed by atoms with Crippen molar-refractivity contribution in [2.75, 3.05) is 11.3 Å². The largest absolute Gasteiger partial charge is 0.384 e. The number of rotatable bonds is 3. The van der Waals surface area contributed by atoms with E-state index in [1.807, 2.05) is 0 Å². The smallest absolute Gasteiger partial charge is 0.278 e. The normalized spacial score (nSPS) is 10.7. The average molecular weight is 291 g/mol. The molecule has 20 heavy (non-hydrogen) atoms. The fourth-order valence-electron chi connectivity index (χ4n) is 1.55. The van der Waals surface area contributed by atoms with E-state index in [9.17, 15) is 8.42 Å². The molecule has 0 bridgehead atoms. The average Bonchev–Trinajstić information content (AvgIpc) is 2.84. The van der Waals surface area contributed by atoms with Gasteiger partial charge in [-0.15, -0.1) is 0 Å². The Morgan fingerprint density at radius 3 is 2.90 bits per heavy atom. The summed E-state index contributed by atoms with van der Waals surface area (Å²) in [7, 11) is -3.70. The number of hydrogen-bond acceptors (Lipinski definition) is 4. The van der Waals surface area contributed by atoms with E-state index in [4.69, 9.17) is 5.11 Å². The van der Waals surface area contributed by atoms with Gasteiger partial charge in [-0.05, 0) is 25.1 Å². The van der Waals surface area contributed by atoms with E-state index in [0.29, 0.717) is 17.1 Å². The van der Waals surface area contributed by atoms with E-state index in [1.165, 1.54) is 6.20 Å². The maximum absolute atomic E-state index is 12.1. The van der Waals surface area contributed by atoms with Gasteiger partial charge in [0.05, 0.1) is 11.9 Å². The Labute approximate surface area is 116 Å². The number of benzene rings is 1. The van der Waals surface area contributed by atoms with Crippen LogP contribution in [0.5, 0.6) is 0 Å². The van der Waals surface area contributed by atoms with E-state index in [0.717, 1.165) is 0 Å². The Bertz CT molecular complexity index is 769. The summed E-state index contributed by atoms with van der Waals surface area (Å²) in [6.07, 6.45) is 1.26. The Kier molecular flexibility index (Phi) is 4.08. The van der Waals surface area contributed by atoms with Crippen molar-refractivity contribution in [3.63, 3.8) is 0 Å². The highest BCUT2D eigenvalue weighted by Gasteiger charge is 2.16. The predicted molar refractivity (Wildman–Crippen MR) is 74.5 cm³/mol. The summed E-state index contributed by atoms with van der Waals surface area (Å²) >= 11 is 0. The van der Waals surface area contributed by atoms with Crippen LogP contribution < -0.4 is 4.72 Å².